The predicted molar refractivity (Wildman–Crippen MR) is 67.0 cm³/mol. The van der Waals surface area contributed by atoms with Crippen molar-refractivity contribution in [2.45, 2.75) is 32.7 Å². The van der Waals surface area contributed by atoms with E-state index in [-0.39, 0.29) is 12.1 Å². The minimum absolute atomic E-state index is 0.226. The summed E-state index contributed by atoms with van der Waals surface area (Å²) in [7, 11) is 0. The number of carbonyl (C=O) groups excluding carboxylic acids is 1. The third-order valence-electron chi connectivity index (χ3n) is 3.32. The Kier molecular flexibility index (Phi) is 3.67. The van der Waals surface area contributed by atoms with Crippen LogP contribution in [0.15, 0.2) is 30.3 Å². The number of hydrogen-bond acceptors (Lipinski definition) is 2. The summed E-state index contributed by atoms with van der Waals surface area (Å²) in [4.78, 5) is 13.8. The predicted octanol–water partition coefficient (Wildman–Crippen LogP) is 3.31. The molecular formula is C14H19NO2. The first-order chi connectivity index (χ1) is 8.16. The molecule has 17 heavy (non-hydrogen) atoms. The number of nitrogens with zero attached hydrogens (tertiary/aromatic N) is 1. The van der Waals surface area contributed by atoms with E-state index in [2.05, 4.69) is 13.8 Å². The van der Waals surface area contributed by atoms with Gasteiger partial charge in [0.1, 0.15) is 5.75 Å². The quantitative estimate of drug-likeness (QED) is 0.744. The normalized spacial score (nSPS) is 24.5. The molecule has 1 aromatic rings. The van der Waals surface area contributed by atoms with Crippen LogP contribution in [0.5, 0.6) is 5.75 Å². The van der Waals surface area contributed by atoms with Gasteiger partial charge in [0.25, 0.3) is 0 Å². The monoisotopic (exact) mass is 233 g/mol. The first-order valence-corrected chi connectivity index (χ1v) is 6.20. The van der Waals surface area contributed by atoms with E-state index >= 15 is 0 Å². The lowest BCUT2D eigenvalue weighted by molar-refractivity contribution is 0.105. The lowest BCUT2D eigenvalue weighted by Gasteiger charge is -2.35. The van der Waals surface area contributed by atoms with Crippen molar-refractivity contribution in [1.82, 2.24) is 4.90 Å². The fourth-order valence-corrected chi connectivity index (χ4v) is 2.33. The van der Waals surface area contributed by atoms with Gasteiger partial charge in [0.15, 0.2) is 0 Å². The molecule has 2 atom stereocenters. The molecule has 0 radical (unpaired) electrons. The van der Waals surface area contributed by atoms with Gasteiger partial charge in [0.05, 0.1) is 0 Å². The summed E-state index contributed by atoms with van der Waals surface area (Å²) < 4.78 is 5.35. The maximum absolute atomic E-state index is 12.0. The number of amides is 1. The lowest BCUT2D eigenvalue weighted by Crippen LogP contribution is -2.45. The Morgan fingerprint density at radius 2 is 2.00 bits per heavy atom. The van der Waals surface area contributed by atoms with E-state index in [9.17, 15) is 4.79 Å². The van der Waals surface area contributed by atoms with Crippen molar-refractivity contribution in [3.63, 3.8) is 0 Å². The molecule has 0 saturated carbocycles. The third kappa shape index (κ3) is 2.99. The second-order valence-electron chi connectivity index (χ2n) is 4.85. The van der Waals surface area contributed by atoms with E-state index in [4.69, 9.17) is 4.74 Å². The van der Waals surface area contributed by atoms with Crippen LogP contribution in [0.3, 0.4) is 0 Å². The summed E-state index contributed by atoms with van der Waals surface area (Å²) in [6, 6.07) is 9.51. The van der Waals surface area contributed by atoms with Gasteiger partial charge in [-0.3, -0.25) is 0 Å². The van der Waals surface area contributed by atoms with E-state index in [1.54, 1.807) is 12.1 Å². The Hall–Kier alpha value is -1.51. The molecule has 1 aliphatic heterocycles. The number of piperidine rings is 1. The molecule has 0 N–H and O–H groups in total. The summed E-state index contributed by atoms with van der Waals surface area (Å²) in [6.07, 6.45) is 1.90. The number of likely N-dealkylation sites (tertiary alicyclic amines) is 1. The lowest BCUT2D eigenvalue weighted by atomic mass is 9.94. The topological polar surface area (TPSA) is 29.5 Å². The molecule has 1 aromatic carbocycles. The van der Waals surface area contributed by atoms with Crippen molar-refractivity contribution < 1.29 is 9.53 Å². The Morgan fingerprint density at radius 1 is 1.29 bits per heavy atom. The number of rotatable bonds is 1. The van der Waals surface area contributed by atoms with Gasteiger partial charge in [0.2, 0.25) is 0 Å². The van der Waals surface area contributed by atoms with Crippen molar-refractivity contribution >= 4 is 6.09 Å². The van der Waals surface area contributed by atoms with Gasteiger partial charge in [0, 0.05) is 12.6 Å². The molecule has 1 saturated heterocycles. The zero-order chi connectivity index (χ0) is 12.3. The van der Waals surface area contributed by atoms with Gasteiger partial charge in [-0.1, -0.05) is 25.1 Å². The molecule has 3 nitrogen and oxygen atoms in total. The molecule has 1 aliphatic rings. The molecule has 0 bridgehead atoms. The zero-order valence-corrected chi connectivity index (χ0v) is 10.4. The number of hydrogen-bond donors (Lipinski definition) is 0. The maximum Gasteiger partial charge on any atom is 0.415 e. The fraction of sp³-hybridized carbons (Fsp3) is 0.500. The number of para-hydroxylation sites is 1. The number of carbonyl (C=O) groups is 1. The molecule has 1 amide bonds. The number of ether oxygens (including phenoxy) is 1. The van der Waals surface area contributed by atoms with Gasteiger partial charge in [-0.25, -0.2) is 4.79 Å². The maximum atomic E-state index is 12.0. The molecule has 2 rings (SSSR count). The van der Waals surface area contributed by atoms with Crippen LogP contribution in [0.1, 0.15) is 26.7 Å². The highest BCUT2D eigenvalue weighted by Crippen LogP contribution is 2.23. The van der Waals surface area contributed by atoms with E-state index in [0.717, 1.165) is 19.4 Å². The van der Waals surface area contributed by atoms with Crippen LogP contribution in [0.2, 0.25) is 0 Å². The van der Waals surface area contributed by atoms with Crippen molar-refractivity contribution in [2.24, 2.45) is 5.92 Å². The van der Waals surface area contributed by atoms with Crippen LogP contribution < -0.4 is 4.74 Å². The van der Waals surface area contributed by atoms with Crippen molar-refractivity contribution in [3.8, 4) is 5.75 Å². The highest BCUT2D eigenvalue weighted by Gasteiger charge is 2.27. The SMILES string of the molecule is CC1CCN(C(=O)Oc2ccccc2)C(C)C1. The molecule has 0 spiro atoms. The third-order valence-corrected chi connectivity index (χ3v) is 3.32. The smallest absolute Gasteiger partial charge is 0.410 e. The van der Waals surface area contributed by atoms with Gasteiger partial charge in [-0.15, -0.1) is 0 Å². The fourth-order valence-electron chi connectivity index (χ4n) is 2.33. The van der Waals surface area contributed by atoms with Gasteiger partial charge >= 0.3 is 6.09 Å². The zero-order valence-electron chi connectivity index (χ0n) is 10.4. The van der Waals surface area contributed by atoms with E-state index in [0.29, 0.717) is 11.7 Å². The summed E-state index contributed by atoms with van der Waals surface area (Å²) in [6.45, 7) is 5.12. The van der Waals surface area contributed by atoms with E-state index in [1.165, 1.54) is 0 Å². The molecule has 1 heterocycles. The average Bonchev–Trinajstić information content (AvgIpc) is 2.30. The minimum atomic E-state index is -0.226. The molecule has 2 unspecified atom stereocenters. The van der Waals surface area contributed by atoms with Crippen molar-refractivity contribution in [2.75, 3.05) is 6.54 Å². The average molecular weight is 233 g/mol. The Labute approximate surface area is 102 Å². The van der Waals surface area contributed by atoms with E-state index in [1.807, 2.05) is 23.1 Å². The summed E-state index contributed by atoms with van der Waals surface area (Å²) >= 11 is 0. The van der Waals surface area contributed by atoms with Crippen LogP contribution in [0, 0.1) is 5.92 Å². The van der Waals surface area contributed by atoms with Crippen LogP contribution in [-0.2, 0) is 0 Å². The Balaban J connectivity index is 1.96. The van der Waals surface area contributed by atoms with Crippen LogP contribution in [0.25, 0.3) is 0 Å². The Bertz CT molecular complexity index is 377. The van der Waals surface area contributed by atoms with Crippen LogP contribution in [-0.4, -0.2) is 23.6 Å². The van der Waals surface area contributed by atoms with Crippen molar-refractivity contribution in [1.29, 1.82) is 0 Å². The second-order valence-corrected chi connectivity index (χ2v) is 4.85. The second kappa shape index (κ2) is 5.21. The van der Waals surface area contributed by atoms with E-state index < -0.39 is 0 Å². The number of benzene rings is 1. The first-order valence-electron chi connectivity index (χ1n) is 6.20. The summed E-state index contributed by atoms with van der Waals surface area (Å²) in [5.41, 5.74) is 0. The Morgan fingerprint density at radius 3 is 2.65 bits per heavy atom. The van der Waals surface area contributed by atoms with Crippen LogP contribution >= 0.6 is 0 Å². The molecule has 0 aliphatic carbocycles. The molecule has 3 heteroatoms. The van der Waals surface area contributed by atoms with Gasteiger partial charge in [-0.05, 0) is 37.8 Å². The molecule has 0 aromatic heterocycles. The highest BCUT2D eigenvalue weighted by molar-refractivity contribution is 5.71. The van der Waals surface area contributed by atoms with Crippen LogP contribution in [0.4, 0.5) is 4.79 Å². The summed E-state index contributed by atoms with van der Waals surface area (Å²) in [5.74, 6) is 1.31. The van der Waals surface area contributed by atoms with Crippen molar-refractivity contribution in [3.05, 3.63) is 30.3 Å². The first kappa shape index (κ1) is 12.0. The standard InChI is InChI=1S/C14H19NO2/c1-11-8-9-15(12(2)10-11)14(16)17-13-6-4-3-5-7-13/h3-7,11-12H,8-10H2,1-2H3. The molecular weight excluding hydrogens is 214 g/mol. The van der Waals surface area contributed by atoms with Gasteiger partial charge < -0.3 is 9.64 Å². The van der Waals surface area contributed by atoms with Gasteiger partial charge in [-0.2, -0.15) is 0 Å². The molecule has 1 fully saturated rings. The minimum Gasteiger partial charge on any atom is -0.410 e. The molecule has 92 valence electrons. The largest absolute Gasteiger partial charge is 0.415 e. The highest BCUT2D eigenvalue weighted by atomic mass is 16.6. The summed E-state index contributed by atoms with van der Waals surface area (Å²) in [5, 5.41) is 0.